The number of ketones is 1. The number of carbonyl (C=O) groups excluding carboxylic acids is 3. The normalized spacial score (nSPS) is 16.4. The second-order valence-corrected chi connectivity index (χ2v) is 10.4. The van der Waals surface area contributed by atoms with Crippen molar-refractivity contribution in [2.24, 2.45) is 0 Å². The van der Waals surface area contributed by atoms with Gasteiger partial charge in [0.25, 0.3) is 0 Å². The Morgan fingerprint density at radius 1 is 1.03 bits per heavy atom. The minimum Gasteiger partial charge on any atom is -0.354 e. The minimum absolute atomic E-state index is 0.0723. The number of amides is 2. The molecule has 2 amide bonds. The van der Waals surface area contributed by atoms with Crippen LogP contribution in [0, 0.1) is 0 Å². The van der Waals surface area contributed by atoms with Gasteiger partial charge in [0, 0.05) is 29.6 Å². The van der Waals surface area contributed by atoms with E-state index >= 15 is 0 Å². The molecule has 0 bridgehead atoms. The number of nitrogens with one attached hydrogen (secondary N) is 3. The van der Waals surface area contributed by atoms with Gasteiger partial charge >= 0.3 is 0 Å². The summed E-state index contributed by atoms with van der Waals surface area (Å²) < 4.78 is 0. The van der Waals surface area contributed by atoms with Crippen LogP contribution in [0.3, 0.4) is 0 Å². The Hall–Kier alpha value is -3.45. The van der Waals surface area contributed by atoms with Crippen LogP contribution in [0.5, 0.6) is 0 Å². The van der Waals surface area contributed by atoms with Gasteiger partial charge in [-0.15, -0.1) is 0 Å². The predicted octanol–water partition coefficient (Wildman–Crippen LogP) is 4.61. The zero-order chi connectivity index (χ0) is 26.9. The van der Waals surface area contributed by atoms with E-state index in [4.69, 9.17) is 0 Å². The molecule has 4 rings (SSSR count). The van der Waals surface area contributed by atoms with Crippen molar-refractivity contribution in [2.45, 2.75) is 70.4 Å². The van der Waals surface area contributed by atoms with Crippen molar-refractivity contribution in [3.05, 3.63) is 60.2 Å². The lowest BCUT2D eigenvalue weighted by atomic mass is 10.0. The first-order valence-corrected chi connectivity index (χ1v) is 13.9. The molecule has 7 nitrogen and oxygen atoms in total. The number of H-pyrrole nitrogens is 1. The summed E-state index contributed by atoms with van der Waals surface area (Å²) in [5.41, 5.74) is 4.43. The van der Waals surface area contributed by atoms with Gasteiger partial charge in [0.15, 0.2) is 0 Å². The van der Waals surface area contributed by atoms with E-state index in [9.17, 15) is 14.4 Å². The Morgan fingerprint density at radius 3 is 2.53 bits per heavy atom. The predicted molar refractivity (Wildman–Crippen MR) is 152 cm³/mol. The summed E-state index contributed by atoms with van der Waals surface area (Å²) in [6.07, 6.45) is 6.06. The van der Waals surface area contributed by atoms with E-state index < -0.39 is 6.04 Å². The van der Waals surface area contributed by atoms with Crippen molar-refractivity contribution in [2.75, 3.05) is 20.1 Å². The van der Waals surface area contributed by atoms with Crippen molar-refractivity contribution in [3.8, 4) is 11.3 Å². The molecular weight excluding hydrogens is 476 g/mol. The van der Waals surface area contributed by atoms with E-state index in [2.05, 4.69) is 44.8 Å². The van der Waals surface area contributed by atoms with Crippen LogP contribution in [-0.2, 0) is 20.8 Å². The maximum atomic E-state index is 13.3. The molecule has 1 aliphatic heterocycles. The highest BCUT2D eigenvalue weighted by molar-refractivity contribution is 5.91. The number of hydrogen-bond acceptors (Lipinski definition) is 4. The third-order valence-corrected chi connectivity index (χ3v) is 7.53. The minimum atomic E-state index is -0.578. The summed E-state index contributed by atoms with van der Waals surface area (Å²) in [6, 6.07) is 17.7. The molecule has 2 atom stereocenters. The SMILES string of the molecule is CC(=O)CCCCC[C@H](NC(=O)[C@H]1CCCN1C)C(=O)NCCc1c(-c2ccccc2)[nH]c2ccccc12. The molecule has 1 aromatic heterocycles. The number of likely N-dealkylation sites (tertiary alicyclic amines) is 1. The fraction of sp³-hybridized carbons (Fsp3) is 0.452. The Balaban J connectivity index is 1.41. The summed E-state index contributed by atoms with van der Waals surface area (Å²) >= 11 is 0. The molecule has 3 N–H and O–H groups in total. The molecule has 2 aromatic carbocycles. The Bertz CT molecular complexity index is 1240. The van der Waals surface area contributed by atoms with Gasteiger partial charge in [0.05, 0.1) is 6.04 Å². The average molecular weight is 517 g/mol. The monoisotopic (exact) mass is 516 g/mol. The lowest BCUT2D eigenvalue weighted by Gasteiger charge is -2.23. The van der Waals surface area contributed by atoms with Gasteiger partial charge in [-0.1, -0.05) is 61.4 Å². The number of aromatic nitrogens is 1. The third-order valence-electron chi connectivity index (χ3n) is 7.53. The summed E-state index contributed by atoms with van der Waals surface area (Å²) in [7, 11) is 1.96. The number of fused-ring (bicyclic) bond motifs is 1. The number of aromatic amines is 1. The number of hydrogen-bond donors (Lipinski definition) is 3. The molecule has 202 valence electrons. The zero-order valence-corrected chi connectivity index (χ0v) is 22.6. The van der Waals surface area contributed by atoms with Crippen LogP contribution in [0.25, 0.3) is 22.2 Å². The number of likely N-dealkylation sites (N-methyl/N-ethyl adjacent to an activating group) is 1. The Kier molecular flexibility index (Phi) is 9.71. The van der Waals surface area contributed by atoms with Crippen LogP contribution in [0.1, 0.15) is 57.4 Å². The van der Waals surface area contributed by atoms with Crippen molar-refractivity contribution in [1.82, 2.24) is 20.5 Å². The Morgan fingerprint density at radius 2 is 1.79 bits per heavy atom. The topological polar surface area (TPSA) is 94.3 Å². The molecular formula is C31H40N4O3. The second-order valence-electron chi connectivity index (χ2n) is 10.4. The number of carbonyl (C=O) groups is 3. The number of para-hydroxylation sites is 1. The summed E-state index contributed by atoms with van der Waals surface area (Å²) in [4.78, 5) is 43.1. The fourth-order valence-corrected chi connectivity index (χ4v) is 5.42. The standard InChI is InChI=1S/C31H40N4O3/c1-22(36)12-5-3-8-17-27(34-31(38)28-18-11-21-35(28)2)30(37)32-20-19-25-24-15-9-10-16-26(24)33-29(25)23-13-6-4-7-14-23/h4,6-7,9-10,13-16,27-28,33H,3,5,8,11-12,17-21H2,1-2H3,(H,32,37)(H,34,38)/t27-,28+/m0/s1. The molecule has 0 unspecified atom stereocenters. The molecule has 1 aliphatic rings. The van der Waals surface area contributed by atoms with Gasteiger partial charge in [-0.05, 0) is 69.8 Å². The van der Waals surface area contributed by atoms with Gasteiger partial charge < -0.3 is 20.4 Å². The number of Topliss-reactive ketones (excluding diaryl/α,β-unsaturated/α-hetero) is 1. The zero-order valence-electron chi connectivity index (χ0n) is 22.6. The van der Waals surface area contributed by atoms with E-state index in [1.165, 1.54) is 5.56 Å². The van der Waals surface area contributed by atoms with Gasteiger partial charge in [-0.25, -0.2) is 0 Å². The average Bonchev–Trinajstić information content (AvgIpc) is 3.51. The van der Waals surface area contributed by atoms with Crippen molar-refractivity contribution in [3.63, 3.8) is 0 Å². The molecule has 3 aromatic rings. The van der Waals surface area contributed by atoms with E-state index in [1.807, 2.05) is 37.4 Å². The maximum absolute atomic E-state index is 13.3. The number of benzene rings is 2. The molecule has 0 radical (unpaired) electrons. The Labute approximate surface area is 225 Å². The first-order valence-electron chi connectivity index (χ1n) is 13.9. The highest BCUT2D eigenvalue weighted by atomic mass is 16.2. The number of unbranched alkanes of at least 4 members (excludes halogenated alkanes) is 2. The van der Waals surface area contributed by atoms with Gasteiger partial charge in [0.2, 0.25) is 11.8 Å². The second kappa shape index (κ2) is 13.4. The molecule has 0 spiro atoms. The highest BCUT2D eigenvalue weighted by Crippen LogP contribution is 2.30. The van der Waals surface area contributed by atoms with Gasteiger partial charge in [-0.3, -0.25) is 14.5 Å². The van der Waals surface area contributed by atoms with Gasteiger partial charge in [0.1, 0.15) is 11.8 Å². The summed E-state index contributed by atoms with van der Waals surface area (Å²) in [5.74, 6) is -0.0347. The van der Waals surface area contributed by atoms with Crippen molar-refractivity contribution in [1.29, 1.82) is 0 Å². The van der Waals surface area contributed by atoms with Crippen LogP contribution < -0.4 is 10.6 Å². The molecule has 1 saturated heterocycles. The molecule has 2 heterocycles. The van der Waals surface area contributed by atoms with E-state index in [-0.39, 0.29) is 23.6 Å². The first-order chi connectivity index (χ1) is 18.4. The molecule has 0 aliphatic carbocycles. The summed E-state index contributed by atoms with van der Waals surface area (Å²) in [6.45, 7) is 2.97. The molecule has 38 heavy (non-hydrogen) atoms. The smallest absolute Gasteiger partial charge is 0.242 e. The lowest BCUT2D eigenvalue weighted by molar-refractivity contribution is -0.131. The van der Waals surface area contributed by atoms with Crippen LogP contribution in [0.2, 0.25) is 0 Å². The number of rotatable bonds is 13. The van der Waals surface area contributed by atoms with Crippen LogP contribution in [0.4, 0.5) is 0 Å². The van der Waals surface area contributed by atoms with E-state index in [0.717, 1.165) is 60.8 Å². The maximum Gasteiger partial charge on any atom is 0.242 e. The van der Waals surface area contributed by atoms with E-state index in [1.54, 1.807) is 6.92 Å². The van der Waals surface area contributed by atoms with Gasteiger partial charge in [-0.2, -0.15) is 0 Å². The largest absolute Gasteiger partial charge is 0.354 e. The fourth-order valence-electron chi connectivity index (χ4n) is 5.42. The van der Waals surface area contributed by atoms with Crippen LogP contribution >= 0.6 is 0 Å². The number of nitrogens with zero attached hydrogens (tertiary/aromatic N) is 1. The molecule has 0 saturated carbocycles. The summed E-state index contributed by atoms with van der Waals surface area (Å²) in [5, 5.41) is 7.28. The van der Waals surface area contributed by atoms with Crippen molar-refractivity contribution >= 4 is 28.5 Å². The lowest BCUT2D eigenvalue weighted by Crippen LogP contribution is -2.51. The third kappa shape index (κ3) is 7.10. The highest BCUT2D eigenvalue weighted by Gasteiger charge is 2.30. The van der Waals surface area contributed by atoms with Crippen molar-refractivity contribution < 1.29 is 14.4 Å². The first kappa shape index (κ1) is 27.6. The quantitative estimate of drug-likeness (QED) is 0.289. The van der Waals surface area contributed by atoms with Crippen LogP contribution in [0.15, 0.2) is 54.6 Å². The molecule has 1 fully saturated rings. The molecule has 7 heteroatoms. The van der Waals surface area contributed by atoms with Crippen LogP contribution in [-0.4, -0.2) is 59.7 Å². The van der Waals surface area contributed by atoms with E-state index in [0.29, 0.717) is 25.8 Å².